The summed E-state index contributed by atoms with van der Waals surface area (Å²) >= 11 is 1.69. The molecule has 1 fully saturated rings. The Morgan fingerprint density at radius 2 is 1.90 bits per heavy atom. The largest absolute Gasteiger partial charge is 0.508 e. The van der Waals surface area contributed by atoms with Crippen molar-refractivity contribution >= 4 is 33.1 Å². The SMILES string of the molecule is Oc1cccc(Nc2ncnc3cc(-c4cccc(CCN5CCNCC5)c4)sc23)c1. The van der Waals surface area contributed by atoms with Gasteiger partial charge in [-0.05, 0) is 35.7 Å². The molecule has 0 unspecified atom stereocenters. The Morgan fingerprint density at radius 3 is 2.77 bits per heavy atom. The highest BCUT2D eigenvalue weighted by molar-refractivity contribution is 7.22. The summed E-state index contributed by atoms with van der Waals surface area (Å²) in [5.41, 5.74) is 4.29. The van der Waals surface area contributed by atoms with Crippen LogP contribution in [0.15, 0.2) is 60.9 Å². The highest BCUT2D eigenvalue weighted by Crippen LogP contribution is 2.37. The molecule has 0 radical (unpaired) electrons. The average molecular weight is 432 g/mol. The van der Waals surface area contributed by atoms with Gasteiger partial charge in [-0.3, -0.25) is 0 Å². The van der Waals surface area contributed by atoms with Crippen molar-refractivity contribution in [3.8, 4) is 16.2 Å². The van der Waals surface area contributed by atoms with Crippen molar-refractivity contribution in [2.45, 2.75) is 6.42 Å². The third-order valence-corrected chi connectivity index (χ3v) is 6.74. The van der Waals surface area contributed by atoms with E-state index in [1.807, 2.05) is 12.1 Å². The molecule has 1 aliphatic rings. The predicted molar refractivity (Wildman–Crippen MR) is 127 cm³/mol. The van der Waals surface area contributed by atoms with E-state index < -0.39 is 0 Å². The third-order valence-electron chi connectivity index (χ3n) is 5.56. The molecular weight excluding hydrogens is 406 g/mol. The number of nitrogens with one attached hydrogen (secondary N) is 2. The lowest BCUT2D eigenvalue weighted by Crippen LogP contribution is -2.44. The summed E-state index contributed by atoms with van der Waals surface area (Å²) in [6.45, 7) is 5.53. The number of fused-ring (bicyclic) bond motifs is 1. The first-order valence-corrected chi connectivity index (χ1v) is 11.4. The number of benzene rings is 2. The number of anilines is 2. The molecule has 0 amide bonds. The molecule has 4 aromatic rings. The molecule has 1 aliphatic heterocycles. The average Bonchev–Trinajstić information content (AvgIpc) is 3.24. The van der Waals surface area contributed by atoms with Crippen LogP contribution in [0, 0.1) is 0 Å². The molecule has 0 saturated carbocycles. The lowest BCUT2D eigenvalue weighted by molar-refractivity contribution is 0.244. The smallest absolute Gasteiger partial charge is 0.151 e. The molecule has 2 aromatic heterocycles. The predicted octanol–water partition coefficient (Wildman–Crippen LogP) is 4.26. The van der Waals surface area contributed by atoms with Crippen LogP contribution < -0.4 is 10.6 Å². The molecule has 158 valence electrons. The molecule has 0 bridgehead atoms. The van der Waals surface area contributed by atoms with Gasteiger partial charge in [-0.25, -0.2) is 9.97 Å². The van der Waals surface area contributed by atoms with Crippen LogP contribution in [0.3, 0.4) is 0 Å². The molecule has 7 heteroatoms. The van der Waals surface area contributed by atoms with Crippen LogP contribution in [0.2, 0.25) is 0 Å². The lowest BCUT2D eigenvalue weighted by Gasteiger charge is -2.27. The van der Waals surface area contributed by atoms with E-state index >= 15 is 0 Å². The van der Waals surface area contributed by atoms with Crippen molar-refractivity contribution < 1.29 is 5.11 Å². The maximum absolute atomic E-state index is 9.73. The van der Waals surface area contributed by atoms with Gasteiger partial charge in [-0.2, -0.15) is 0 Å². The second-order valence-corrected chi connectivity index (χ2v) is 8.82. The maximum atomic E-state index is 9.73. The van der Waals surface area contributed by atoms with Gasteiger partial charge in [0.2, 0.25) is 0 Å². The van der Waals surface area contributed by atoms with E-state index in [9.17, 15) is 5.11 Å². The normalized spacial score (nSPS) is 14.7. The van der Waals surface area contributed by atoms with Gasteiger partial charge in [0.25, 0.3) is 0 Å². The van der Waals surface area contributed by atoms with E-state index in [4.69, 9.17) is 0 Å². The van der Waals surface area contributed by atoms with E-state index in [1.54, 1.807) is 29.8 Å². The van der Waals surface area contributed by atoms with Crippen LogP contribution in [-0.4, -0.2) is 52.7 Å². The standard InChI is InChI=1S/C24H25N5OS/c30-20-6-2-5-19(14-20)28-24-23-21(26-16-27-24)15-22(31-23)18-4-1-3-17(13-18)7-10-29-11-8-25-9-12-29/h1-6,13-16,25,30H,7-12H2,(H,26,27,28). The Kier molecular flexibility index (Phi) is 5.80. The van der Waals surface area contributed by atoms with Gasteiger partial charge < -0.3 is 20.6 Å². The number of hydrogen-bond acceptors (Lipinski definition) is 7. The third kappa shape index (κ3) is 4.69. The van der Waals surface area contributed by atoms with Gasteiger partial charge >= 0.3 is 0 Å². The van der Waals surface area contributed by atoms with Gasteiger partial charge in [0.1, 0.15) is 12.1 Å². The van der Waals surface area contributed by atoms with E-state index in [0.29, 0.717) is 0 Å². The molecule has 5 rings (SSSR count). The topological polar surface area (TPSA) is 73.3 Å². The van der Waals surface area contributed by atoms with E-state index in [-0.39, 0.29) is 5.75 Å². The number of aromatic hydroxyl groups is 1. The number of hydrogen-bond donors (Lipinski definition) is 3. The van der Waals surface area contributed by atoms with Crippen LogP contribution in [0.25, 0.3) is 20.7 Å². The second kappa shape index (κ2) is 9.01. The monoisotopic (exact) mass is 431 g/mol. The zero-order valence-electron chi connectivity index (χ0n) is 17.2. The minimum absolute atomic E-state index is 0.222. The van der Waals surface area contributed by atoms with Crippen molar-refractivity contribution in [3.05, 3.63) is 66.5 Å². The van der Waals surface area contributed by atoms with Crippen molar-refractivity contribution in [3.63, 3.8) is 0 Å². The molecule has 1 saturated heterocycles. The summed E-state index contributed by atoms with van der Waals surface area (Å²) in [5.74, 6) is 0.974. The summed E-state index contributed by atoms with van der Waals surface area (Å²) in [7, 11) is 0. The Morgan fingerprint density at radius 1 is 1.03 bits per heavy atom. The fourth-order valence-electron chi connectivity index (χ4n) is 3.91. The van der Waals surface area contributed by atoms with Gasteiger partial charge in [-0.1, -0.05) is 30.3 Å². The van der Waals surface area contributed by atoms with Crippen molar-refractivity contribution in [2.75, 3.05) is 38.0 Å². The number of piperazine rings is 1. The summed E-state index contributed by atoms with van der Waals surface area (Å²) < 4.78 is 1.01. The van der Waals surface area contributed by atoms with Crippen molar-refractivity contribution in [1.29, 1.82) is 0 Å². The number of thiophene rings is 1. The van der Waals surface area contributed by atoms with Crippen LogP contribution in [-0.2, 0) is 6.42 Å². The molecule has 3 heterocycles. The Bertz CT molecular complexity index is 1190. The van der Waals surface area contributed by atoms with Gasteiger partial charge in [0, 0.05) is 49.4 Å². The number of nitrogens with zero attached hydrogens (tertiary/aromatic N) is 3. The van der Waals surface area contributed by atoms with Crippen LogP contribution in [0.5, 0.6) is 5.75 Å². The van der Waals surface area contributed by atoms with Crippen LogP contribution >= 0.6 is 11.3 Å². The Labute approximate surface area is 185 Å². The Hall–Kier alpha value is -3.00. The molecule has 0 spiro atoms. The van der Waals surface area contributed by atoms with Crippen LogP contribution in [0.1, 0.15) is 5.56 Å². The summed E-state index contributed by atoms with van der Waals surface area (Å²) in [4.78, 5) is 12.6. The minimum atomic E-state index is 0.222. The molecule has 6 nitrogen and oxygen atoms in total. The molecule has 0 aliphatic carbocycles. The fourth-order valence-corrected chi connectivity index (χ4v) is 4.96. The van der Waals surface area contributed by atoms with Crippen molar-refractivity contribution in [2.24, 2.45) is 0 Å². The van der Waals surface area contributed by atoms with Gasteiger partial charge in [-0.15, -0.1) is 11.3 Å². The molecule has 0 atom stereocenters. The zero-order chi connectivity index (χ0) is 21.0. The van der Waals surface area contributed by atoms with E-state index in [1.165, 1.54) is 16.0 Å². The number of rotatable bonds is 6. The number of phenols is 1. The summed E-state index contributed by atoms with van der Waals surface area (Å²) in [6.07, 6.45) is 2.64. The first-order valence-electron chi connectivity index (χ1n) is 10.6. The zero-order valence-corrected chi connectivity index (χ0v) is 18.0. The fraction of sp³-hybridized carbons (Fsp3) is 0.250. The molecule has 2 aromatic carbocycles. The molecule has 3 N–H and O–H groups in total. The van der Waals surface area contributed by atoms with E-state index in [0.717, 1.165) is 60.9 Å². The number of phenolic OH excluding ortho intramolecular Hbond substituents is 1. The van der Waals surface area contributed by atoms with Gasteiger partial charge in [0.05, 0.1) is 10.2 Å². The molecule has 31 heavy (non-hydrogen) atoms. The quantitative estimate of drug-likeness (QED) is 0.424. The Balaban J connectivity index is 1.38. The maximum Gasteiger partial charge on any atom is 0.151 e. The first-order chi connectivity index (χ1) is 15.2. The minimum Gasteiger partial charge on any atom is -0.508 e. The second-order valence-electron chi connectivity index (χ2n) is 7.76. The lowest BCUT2D eigenvalue weighted by atomic mass is 10.1. The summed E-state index contributed by atoms with van der Waals surface area (Å²) in [5, 5.41) is 16.5. The number of aromatic nitrogens is 2. The highest BCUT2D eigenvalue weighted by Gasteiger charge is 2.12. The first kappa shape index (κ1) is 19.9. The van der Waals surface area contributed by atoms with E-state index in [2.05, 4.69) is 55.8 Å². The molecular formula is C24H25N5OS. The highest BCUT2D eigenvalue weighted by atomic mass is 32.1. The summed E-state index contributed by atoms with van der Waals surface area (Å²) in [6, 6.07) is 18.0. The van der Waals surface area contributed by atoms with Crippen LogP contribution in [0.4, 0.5) is 11.5 Å². The van der Waals surface area contributed by atoms with Crippen molar-refractivity contribution in [1.82, 2.24) is 20.2 Å². The van der Waals surface area contributed by atoms with Gasteiger partial charge in [0.15, 0.2) is 5.82 Å².